The summed E-state index contributed by atoms with van der Waals surface area (Å²) >= 11 is 0. The van der Waals surface area contributed by atoms with E-state index in [1.54, 1.807) is 0 Å². The van der Waals surface area contributed by atoms with Gasteiger partial charge in [-0.2, -0.15) is 0 Å². The van der Waals surface area contributed by atoms with Crippen LogP contribution in [0.25, 0.3) is 0 Å². The Balaban J connectivity index is 1.47. The number of amides is 2. The van der Waals surface area contributed by atoms with Crippen LogP contribution in [-0.2, 0) is 13.1 Å². The summed E-state index contributed by atoms with van der Waals surface area (Å²) in [5.41, 5.74) is 3.34. The molecule has 0 spiro atoms. The van der Waals surface area contributed by atoms with Crippen LogP contribution in [0.3, 0.4) is 0 Å². The minimum absolute atomic E-state index is 0.133. The Labute approximate surface area is 166 Å². The van der Waals surface area contributed by atoms with Gasteiger partial charge < -0.3 is 20.1 Å². The van der Waals surface area contributed by atoms with Gasteiger partial charge in [0.15, 0.2) is 11.5 Å². The molecule has 2 aromatic carbocycles. The van der Waals surface area contributed by atoms with Crippen LogP contribution in [0.5, 0.6) is 11.5 Å². The van der Waals surface area contributed by atoms with Crippen LogP contribution in [0.4, 0.5) is 4.79 Å². The molecule has 2 N–H and O–H groups in total. The van der Waals surface area contributed by atoms with Crippen LogP contribution in [0.15, 0.2) is 42.5 Å². The predicted molar refractivity (Wildman–Crippen MR) is 109 cm³/mol. The Hall–Kier alpha value is -2.73. The lowest BCUT2D eigenvalue weighted by atomic mass is 10.1. The lowest BCUT2D eigenvalue weighted by Crippen LogP contribution is -2.36. The number of carbonyl (C=O) groups excluding carboxylic acids is 1. The van der Waals surface area contributed by atoms with Crippen LogP contribution < -0.4 is 20.1 Å². The third-order valence-corrected chi connectivity index (χ3v) is 5.02. The summed E-state index contributed by atoms with van der Waals surface area (Å²) in [4.78, 5) is 14.6. The molecule has 150 valence electrons. The van der Waals surface area contributed by atoms with Crippen LogP contribution in [0, 0.1) is 0 Å². The van der Waals surface area contributed by atoms with Gasteiger partial charge in [-0.15, -0.1) is 0 Å². The van der Waals surface area contributed by atoms with Gasteiger partial charge in [-0.05, 0) is 48.8 Å². The molecule has 2 aromatic rings. The maximum absolute atomic E-state index is 12.2. The quantitative estimate of drug-likeness (QED) is 0.727. The molecule has 3 rings (SSSR count). The Morgan fingerprint density at radius 3 is 2.43 bits per heavy atom. The number of hydrogen-bond donors (Lipinski definition) is 2. The lowest BCUT2D eigenvalue weighted by Gasteiger charge is -2.18. The van der Waals surface area contributed by atoms with E-state index in [0.29, 0.717) is 6.54 Å². The van der Waals surface area contributed by atoms with Crippen molar-refractivity contribution < 1.29 is 14.3 Å². The van der Waals surface area contributed by atoms with E-state index in [1.807, 2.05) is 25.1 Å². The molecule has 1 aliphatic rings. The molecular formula is C22H29N3O3. The average molecular weight is 383 g/mol. The highest BCUT2D eigenvalue weighted by atomic mass is 16.7. The smallest absolute Gasteiger partial charge is 0.315 e. The number of hydrogen-bond acceptors (Lipinski definition) is 4. The summed E-state index contributed by atoms with van der Waals surface area (Å²) in [5.74, 6) is 1.46. The van der Waals surface area contributed by atoms with Crippen LogP contribution in [-0.4, -0.2) is 30.8 Å². The zero-order valence-electron chi connectivity index (χ0n) is 16.8. The predicted octanol–water partition coefficient (Wildman–Crippen LogP) is 3.82. The van der Waals surface area contributed by atoms with Gasteiger partial charge in [0.1, 0.15) is 0 Å². The van der Waals surface area contributed by atoms with Crippen molar-refractivity contribution in [2.45, 2.75) is 39.9 Å². The van der Waals surface area contributed by atoms with E-state index in [2.05, 4.69) is 53.6 Å². The SMILES string of the molecule is CCN(CC)Cc1ccc(CNC(=O)NC(C)c2ccc3c(c2)OCO3)cc1. The zero-order valence-corrected chi connectivity index (χ0v) is 16.8. The van der Waals surface area contributed by atoms with Crippen molar-refractivity contribution in [3.05, 3.63) is 59.2 Å². The number of ether oxygens (including phenoxy) is 2. The van der Waals surface area contributed by atoms with E-state index in [-0.39, 0.29) is 18.9 Å². The normalized spacial score (nSPS) is 13.4. The van der Waals surface area contributed by atoms with Crippen molar-refractivity contribution in [2.24, 2.45) is 0 Å². The molecule has 0 saturated heterocycles. The molecule has 1 heterocycles. The summed E-state index contributed by atoms with van der Waals surface area (Å²) < 4.78 is 10.7. The molecule has 0 saturated carbocycles. The molecule has 0 aliphatic carbocycles. The number of nitrogens with zero attached hydrogens (tertiary/aromatic N) is 1. The monoisotopic (exact) mass is 383 g/mol. The minimum atomic E-state index is -0.197. The molecule has 28 heavy (non-hydrogen) atoms. The first-order valence-electron chi connectivity index (χ1n) is 9.83. The summed E-state index contributed by atoms with van der Waals surface area (Å²) in [6.45, 7) is 10.1. The van der Waals surface area contributed by atoms with E-state index in [4.69, 9.17) is 9.47 Å². The molecule has 1 unspecified atom stereocenters. The highest BCUT2D eigenvalue weighted by Crippen LogP contribution is 2.34. The van der Waals surface area contributed by atoms with Crippen LogP contribution in [0.1, 0.15) is 43.5 Å². The first-order chi connectivity index (χ1) is 13.6. The number of benzene rings is 2. The van der Waals surface area contributed by atoms with E-state index >= 15 is 0 Å². The van der Waals surface area contributed by atoms with Gasteiger partial charge in [0.25, 0.3) is 0 Å². The van der Waals surface area contributed by atoms with E-state index in [0.717, 1.165) is 42.3 Å². The van der Waals surface area contributed by atoms with Crippen molar-refractivity contribution in [3.63, 3.8) is 0 Å². The van der Waals surface area contributed by atoms with E-state index < -0.39 is 0 Å². The maximum Gasteiger partial charge on any atom is 0.315 e. The Morgan fingerprint density at radius 1 is 1.04 bits per heavy atom. The fourth-order valence-corrected chi connectivity index (χ4v) is 3.16. The second-order valence-corrected chi connectivity index (χ2v) is 6.94. The van der Waals surface area contributed by atoms with Crippen molar-refractivity contribution in [3.8, 4) is 11.5 Å². The first kappa shape index (κ1) is 20.0. The molecule has 1 atom stereocenters. The third kappa shape index (κ3) is 5.16. The van der Waals surface area contributed by atoms with Crippen LogP contribution in [0.2, 0.25) is 0 Å². The summed E-state index contributed by atoms with van der Waals surface area (Å²) in [5, 5.41) is 5.88. The molecule has 6 nitrogen and oxygen atoms in total. The zero-order chi connectivity index (χ0) is 19.9. The second kappa shape index (κ2) is 9.46. The van der Waals surface area contributed by atoms with E-state index in [1.165, 1.54) is 5.56 Å². The van der Waals surface area contributed by atoms with Gasteiger partial charge in [-0.3, -0.25) is 4.90 Å². The standard InChI is InChI=1S/C22H29N3O3/c1-4-25(5-2)14-18-8-6-17(7-9-18)13-23-22(26)24-16(3)19-10-11-20-21(12-19)28-15-27-20/h6-12,16H,4-5,13-15H2,1-3H3,(H2,23,24,26). The molecule has 1 aliphatic heterocycles. The highest BCUT2D eigenvalue weighted by Gasteiger charge is 2.16. The summed E-state index contributed by atoms with van der Waals surface area (Å²) in [6, 6.07) is 13.8. The molecule has 2 amide bonds. The molecule has 0 radical (unpaired) electrons. The Bertz CT molecular complexity index is 788. The summed E-state index contributed by atoms with van der Waals surface area (Å²) in [6.07, 6.45) is 0. The van der Waals surface area contributed by atoms with Gasteiger partial charge >= 0.3 is 6.03 Å². The summed E-state index contributed by atoms with van der Waals surface area (Å²) in [7, 11) is 0. The molecular weight excluding hydrogens is 354 g/mol. The topological polar surface area (TPSA) is 62.8 Å². The number of urea groups is 1. The van der Waals surface area contributed by atoms with Gasteiger partial charge in [0.05, 0.1) is 6.04 Å². The van der Waals surface area contributed by atoms with Crippen LogP contribution >= 0.6 is 0 Å². The first-order valence-corrected chi connectivity index (χ1v) is 9.83. The highest BCUT2D eigenvalue weighted by molar-refractivity contribution is 5.74. The fourth-order valence-electron chi connectivity index (χ4n) is 3.16. The van der Waals surface area contributed by atoms with Gasteiger partial charge in [0.2, 0.25) is 6.79 Å². The number of fused-ring (bicyclic) bond motifs is 1. The second-order valence-electron chi connectivity index (χ2n) is 6.94. The average Bonchev–Trinajstić information content (AvgIpc) is 3.19. The number of carbonyl (C=O) groups is 1. The molecule has 0 fully saturated rings. The maximum atomic E-state index is 12.2. The van der Waals surface area contributed by atoms with Gasteiger partial charge in [0, 0.05) is 13.1 Å². The number of nitrogens with one attached hydrogen (secondary N) is 2. The van der Waals surface area contributed by atoms with Gasteiger partial charge in [-0.25, -0.2) is 4.79 Å². The Morgan fingerprint density at radius 2 is 1.71 bits per heavy atom. The van der Waals surface area contributed by atoms with Crippen molar-refractivity contribution in [2.75, 3.05) is 19.9 Å². The fraction of sp³-hybridized carbons (Fsp3) is 0.409. The molecule has 6 heteroatoms. The lowest BCUT2D eigenvalue weighted by molar-refractivity contribution is 0.174. The van der Waals surface area contributed by atoms with Crippen molar-refractivity contribution in [1.82, 2.24) is 15.5 Å². The van der Waals surface area contributed by atoms with Crippen molar-refractivity contribution >= 4 is 6.03 Å². The van der Waals surface area contributed by atoms with E-state index in [9.17, 15) is 4.79 Å². The van der Waals surface area contributed by atoms with Gasteiger partial charge in [-0.1, -0.05) is 44.2 Å². The Kier molecular flexibility index (Phi) is 6.76. The molecule has 0 bridgehead atoms. The third-order valence-electron chi connectivity index (χ3n) is 5.02. The number of rotatable bonds is 8. The minimum Gasteiger partial charge on any atom is -0.454 e. The van der Waals surface area contributed by atoms with Crippen molar-refractivity contribution in [1.29, 1.82) is 0 Å². The largest absolute Gasteiger partial charge is 0.454 e. The molecule has 0 aromatic heterocycles.